The molecule has 158 valence electrons. The lowest BCUT2D eigenvalue weighted by Crippen LogP contribution is -2.33. The summed E-state index contributed by atoms with van der Waals surface area (Å²) < 4.78 is 5.27. The van der Waals surface area contributed by atoms with Gasteiger partial charge >= 0.3 is 0 Å². The predicted molar refractivity (Wildman–Crippen MR) is 118 cm³/mol. The van der Waals surface area contributed by atoms with E-state index in [-0.39, 0.29) is 11.3 Å². The fourth-order valence-electron chi connectivity index (χ4n) is 3.96. The van der Waals surface area contributed by atoms with Crippen molar-refractivity contribution in [2.24, 2.45) is 0 Å². The van der Waals surface area contributed by atoms with Crippen LogP contribution in [0.2, 0.25) is 0 Å². The highest BCUT2D eigenvalue weighted by molar-refractivity contribution is 6.15. The summed E-state index contributed by atoms with van der Waals surface area (Å²) in [4.78, 5) is 27.7. The third-order valence-corrected chi connectivity index (χ3v) is 5.70. The number of aliphatic hydroxyl groups excluding tert-OH is 1. The summed E-state index contributed by atoms with van der Waals surface area (Å²) >= 11 is 0. The number of carbonyl (C=O) groups is 2. The highest BCUT2D eigenvalue weighted by atomic mass is 16.3. The molecule has 0 saturated carbocycles. The molecule has 1 aliphatic heterocycles. The summed E-state index contributed by atoms with van der Waals surface area (Å²) in [5.74, 6) is -1.06. The lowest BCUT2D eigenvalue weighted by Gasteiger charge is -2.27. The first-order valence-corrected chi connectivity index (χ1v) is 10.4. The Kier molecular flexibility index (Phi) is 5.76. The van der Waals surface area contributed by atoms with Crippen molar-refractivity contribution in [3.63, 3.8) is 0 Å². The van der Waals surface area contributed by atoms with Gasteiger partial charge in [0.05, 0.1) is 17.9 Å². The summed E-state index contributed by atoms with van der Waals surface area (Å²) in [6.45, 7) is 4.59. The van der Waals surface area contributed by atoms with Gasteiger partial charge in [-0.15, -0.1) is 0 Å². The summed E-state index contributed by atoms with van der Waals surface area (Å²) in [5, 5.41) is 10.7. The molecular weight excluding hydrogens is 390 g/mol. The van der Waals surface area contributed by atoms with Crippen LogP contribution in [0.4, 0.5) is 0 Å². The van der Waals surface area contributed by atoms with E-state index in [1.54, 1.807) is 17.0 Å². The normalized spacial score (nSPS) is 16.4. The molecule has 0 bridgehead atoms. The van der Waals surface area contributed by atoms with Gasteiger partial charge in [0, 0.05) is 6.54 Å². The summed E-state index contributed by atoms with van der Waals surface area (Å²) in [6, 6.07) is 20.2. The Morgan fingerprint density at radius 1 is 1.03 bits per heavy atom. The van der Waals surface area contributed by atoms with Gasteiger partial charge in [-0.25, -0.2) is 0 Å². The van der Waals surface area contributed by atoms with Gasteiger partial charge in [0.2, 0.25) is 5.78 Å². The van der Waals surface area contributed by atoms with Crippen molar-refractivity contribution < 1.29 is 19.1 Å². The Morgan fingerprint density at radius 2 is 1.74 bits per heavy atom. The minimum absolute atomic E-state index is 0.0605. The molecule has 3 aromatic rings. The average Bonchev–Trinajstić information content (AvgIpc) is 3.41. The average molecular weight is 415 g/mol. The molecule has 5 nitrogen and oxygen atoms in total. The summed E-state index contributed by atoms with van der Waals surface area (Å²) in [5.41, 5.74) is 3.08. The Labute approximate surface area is 181 Å². The van der Waals surface area contributed by atoms with Crippen LogP contribution in [0.5, 0.6) is 0 Å². The minimum atomic E-state index is -0.671. The maximum Gasteiger partial charge on any atom is 0.290 e. The molecule has 31 heavy (non-hydrogen) atoms. The van der Waals surface area contributed by atoms with Crippen molar-refractivity contribution in [3.05, 3.63) is 107 Å². The zero-order valence-electron chi connectivity index (χ0n) is 17.6. The molecule has 1 aromatic heterocycles. The van der Waals surface area contributed by atoms with Crippen LogP contribution in [-0.4, -0.2) is 28.2 Å². The van der Waals surface area contributed by atoms with E-state index in [4.69, 9.17) is 4.42 Å². The molecule has 2 aromatic carbocycles. The van der Waals surface area contributed by atoms with Crippen molar-refractivity contribution in [3.8, 4) is 0 Å². The van der Waals surface area contributed by atoms with Crippen LogP contribution in [0, 0.1) is 0 Å². The number of amides is 1. The molecule has 1 amide bonds. The molecule has 0 radical (unpaired) electrons. The van der Waals surface area contributed by atoms with Gasteiger partial charge in [-0.2, -0.15) is 0 Å². The van der Waals surface area contributed by atoms with Crippen molar-refractivity contribution >= 4 is 11.7 Å². The molecule has 1 unspecified atom stereocenters. The molecule has 1 aliphatic rings. The zero-order valence-corrected chi connectivity index (χ0v) is 17.6. The first-order valence-electron chi connectivity index (χ1n) is 10.4. The molecule has 1 atom stereocenters. The summed E-state index contributed by atoms with van der Waals surface area (Å²) in [7, 11) is 0. The molecule has 5 heteroatoms. The Hall–Kier alpha value is -3.60. The molecule has 0 aliphatic carbocycles. The Morgan fingerprint density at radius 3 is 2.35 bits per heavy atom. The Balaban J connectivity index is 1.71. The predicted octanol–water partition coefficient (Wildman–Crippen LogP) is 5.22. The van der Waals surface area contributed by atoms with Gasteiger partial charge in [0.25, 0.3) is 5.91 Å². The third-order valence-electron chi connectivity index (χ3n) is 5.70. The van der Waals surface area contributed by atoms with Crippen molar-refractivity contribution in [1.29, 1.82) is 0 Å². The molecule has 0 spiro atoms. The molecule has 0 saturated heterocycles. The molecule has 4 rings (SSSR count). The van der Waals surface area contributed by atoms with Crippen molar-refractivity contribution in [2.45, 2.75) is 32.2 Å². The fraction of sp³-hybridized carbons (Fsp3) is 0.231. The second-order valence-corrected chi connectivity index (χ2v) is 8.03. The van der Waals surface area contributed by atoms with Gasteiger partial charge in [0.1, 0.15) is 0 Å². The summed E-state index contributed by atoms with van der Waals surface area (Å²) in [6.07, 6.45) is 2.02. The van der Waals surface area contributed by atoms with Gasteiger partial charge in [-0.3, -0.25) is 9.59 Å². The van der Waals surface area contributed by atoms with E-state index in [2.05, 4.69) is 13.8 Å². The molecule has 1 N–H and O–H groups in total. The van der Waals surface area contributed by atoms with Crippen molar-refractivity contribution in [2.75, 3.05) is 6.54 Å². The minimum Gasteiger partial charge on any atom is -0.503 e. The molecule has 2 heterocycles. The highest BCUT2D eigenvalue weighted by Crippen LogP contribution is 2.39. The zero-order chi connectivity index (χ0) is 22.0. The maximum absolute atomic E-state index is 13.2. The Bertz CT molecular complexity index is 1100. The number of rotatable bonds is 7. The monoisotopic (exact) mass is 415 g/mol. The van der Waals surface area contributed by atoms with Gasteiger partial charge in [-0.1, -0.05) is 68.4 Å². The fourth-order valence-corrected chi connectivity index (χ4v) is 3.96. The van der Waals surface area contributed by atoms with Crippen molar-refractivity contribution in [1.82, 2.24) is 4.90 Å². The second-order valence-electron chi connectivity index (χ2n) is 8.03. The number of carbonyl (C=O) groups excluding carboxylic acids is 2. The van der Waals surface area contributed by atoms with E-state index >= 15 is 0 Å². The second kappa shape index (κ2) is 8.64. The number of furan rings is 1. The van der Waals surface area contributed by atoms with E-state index in [0.717, 1.165) is 16.7 Å². The van der Waals surface area contributed by atoms with E-state index in [9.17, 15) is 14.7 Å². The number of nitrogens with zero attached hydrogens (tertiary/aromatic N) is 1. The van der Waals surface area contributed by atoms with Crippen LogP contribution in [0.1, 0.15) is 53.1 Å². The largest absolute Gasteiger partial charge is 0.503 e. The van der Waals surface area contributed by atoms with E-state index in [1.807, 2.05) is 54.6 Å². The molecule has 0 fully saturated rings. The van der Waals surface area contributed by atoms with E-state index in [1.165, 1.54) is 6.26 Å². The number of aliphatic hydroxyl groups is 1. The van der Waals surface area contributed by atoms with E-state index in [0.29, 0.717) is 18.9 Å². The van der Waals surface area contributed by atoms with Gasteiger partial charge in [-0.05, 0) is 41.2 Å². The highest BCUT2D eigenvalue weighted by Gasteiger charge is 2.44. The van der Waals surface area contributed by atoms with Crippen LogP contribution in [0.3, 0.4) is 0 Å². The van der Waals surface area contributed by atoms with Crippen LogP contribution in [0.15, 0.2) is 88.7 Å². The van der Waals surface area contributed by atoms with Crippen LogP contribution >= 0.6 is 0 Å². The number of ketones is 1. The first-order chi connectivity index (χ1) is 15.0. The van der Waals surface area contributed by atoms with Gasteiger partial charge < -0.3 is 14.4 Å². The maximum atomic E-state index is 13.2. The lowest BCUT2D eigenvalue weighted by molar-refractivity contribution is -0.129. The first kappa shape index (κ1) is 20.7. The number of hydrogen-bond acceptors (Lipinski definition) is 4. The topological polar surface area (TPSA) is 70.7 Å². The SMILES string of the molecule is CC(C)c1ccc(C2C(C(=O)c3ccco3)=C(O)C(=O)N2CCc2ccccc2)cc1. The standard InChI is InChI=1S/C26H25NO4/c1-17(2)19-10-12-20(13-11-19)23-22(24(28)21-9-6-16-31-21)25(29)26(30)27(23)15-14-18-7-4-3-5-8-18/h3-13,16-17,23,29H,14-15H2,1-2H3. The van der Waals surface area contributed by atoms with Crippen LogP contribution in [-0.2, 0) is 11.2 Å². The smallest absolute Gasteiger partial charge is 0.290 e. The third kappa shape index (κ3) is 4.04. The number of Topliss-reactive ketones (excluding diaryl/α,β-unsaturated/α-hetero) is 1. The lowest BCUT2D eigenvalue weighted by atomic mass is 9.93. The van der Waals surface area contributed by atoms with Crippen LogP contribution in [0.25, 0.3) is 0 Å². The van der Waals surface area contributed by atoms with Gasteiger partial charge in [0.15, 0.2) is 11.5 Å². The number of benzene rings is 2. The van der Waals surface area contributed by atoms with Crippen LogP contribution < -0.4 is 0 Å². The number of hydrogen-bond donors (Lipinski definition) is 1. The molecular formula is C26H25NO4. The quantitative estimate of drug-likeness (QED) is 0.537. The van der Waals surface area contributed by atoms with E-state index < -0.39 is 23.5 Å².